The molecule has 0 fully saturated rings. The van der Waals surface area contributed by atoms with Crippen LogP contribution in [0, 0.1) is 10.1 Å². The van der Waals surface area contributed by atoms with Crippen LogP contribution in [0.25, 0.3) is 0 Å². The minimum Gasteiger partial charge on any atom is -0.439 e. The van der Waals surface area contributed by atoms with E-state index >= 15 is 0 Å². The summed E-state index contributed by atoms with van der Waals surface area (Å²) >= 11 is 0. The molecule has 0 amide bonds. The Hall–Kier alpha value is -2.47. The first-order valence-corrected chi connectivity index (χ1v) is 5.26. The maximum atomic E-state index is 10.5. The number of non-ortho nitro benzene ring substituents is 1. The van der Waals surface area contributed by atoms with E-state index in [2.05, 4.69) is 4.98 Å². The highest BCUT2D eigenvalue weighted by atomic mass is 16.6. The second kappa shape index (κ2) is 5.24. The molecule has 92 valence electrons. The van der Waals surface area contributed by atoms with Gasteiger partial charge in [0.25, 0.3) is 5.69 Å². The Kier molecular flexibility index (Phi) is 3.49. The van der Waals surface area contributed by atoms with Crippen molar-refractivity contribution in [2.45, 2.75) is 6.54 Å². The van der Waals surface area contributed by atoms with Crippen LogP contribution < -0.4 is 10.5 Å². The first-order valence-electron chi connectivity index (χ1n) is 5.26. The summed E-state index contributed by atoms with van der Waals surface area (Å²) in [7, 11) is 0. The molecule has 2 aromatic rings. The van der Waals surface area contributed by atoms with Gasteiger partial charge in [0.05, 0.1) is 4.92 Å². The minimum atomic E-state index is -0.460. The number of nitro benzene ring substituents is 1. The molecule has 0 aliphatic rings. The Bertz CT molecular complexity index is 537. The zero-order valence-corrected chi connectivity index (χ0v) is 9.45. The van der Waals surface area contributed by atoms with Gasteiger partial charge in [0.1, 0.15) is 5.75 Å². The quantitative estimate of drug-likeness (QED) is 0.658. The Balaban J connectivity index is 2.10. The molecule has 0 atom stereocenters. The molecule has 18 heavy (non-hydrogen) atoms. The van der Waals surface area contributed by atoms with Crippen molar-refractivity contribution in [1.29, 1.82) is 0 Å². The molecular weight excluding hydrogens is 234 g/mol. The molecule has 0 aliphatic carbocycles. The van der Waals surface area contributed by atoms with Gasteiger partial charge < -0.3 is 10.5 Å². The van der Waals surface area contributed by atoms with E-state index in [-0.39, 0.29) is 5.69 Å². The van der Waals surface area contributed by atoms with Gasteiger partial charge in [-0.15, -0.1) is 0 Å². The molecule has 0 saturated heterocycles. The number of pyridine rings is 1. The summed E-state index contributed by atoms with van der Waals surface area (Å²) in [4.78, 5) is 14.1. The van der Waals surface area contributed by atoms with Crippen molar-refractivity contribution in [3.8, 4) is 11.6 Å². The largest absolute Gasteiger partial charge is 0.439 e. The molecule has 2 rings (SSSR count). The summed E-state index contributed by atoms with van der Waals surface area (Å²) in [5, 5.41) is 10.5. The lowest BCUT2D eigenvalue weighted by atomic mass is 10.3. The van der Waals surface area contributed by atoms with Gasteiger partial charge in [-0.2, -0.15) is 0 Å². The number of ether oxygens (including phenoxy) is 1. The van der Waals surface area contributed by atoms with Crippen molar-refractivity contribution in [3.05, 3.63) is 58.3 Å². The van der Waals surface area contributed by atoms with Crippen LogP contribution in [0.5, 0.6) is 11.6 Å². The maximum Gasteiger partial charge on any atom is 0.269 e. The summed E-state index contributed by atoms with van der Waals surface area (Å²) in [6.45, 7) is 0.421. The predicted octanol–water partition coefficient (Wildman–Crippen LogP) is 2.24. The van der Waals surface area contributed by atoms with Gasteiger partial charge in [0.2, 0.25) is 5.88 Å². The van der Waals surface area contributed by atoms with Gasteiger partial charge in [-0.25, -0.2) is 4.98 Å². The van der Waals surface area contributed by atoms with E-state index in [9.17, 15) is 10.1 Å². The van der Waals surface area contributed by atoms with E-state index < -0.39 is 4.92 Å². The van der Waals surface area contributed by atoms with Crippen LogP contribution in [0.1, 0.15) is 5.56 Å². The molecule has 0 bridgehead atoms. The molecule has 0 spiro atoms. The minimum absolute atomic E-state index is 0.0220. The smallest absolute Gasteiger partial charge is 0.269 e. The topological polar surface area (TPSA) is 91.3 Å². The number of rotatable bonds is 4. The van der Waals surface area contributed by atoms with E-state index in [0.29, 0.717) is 18.2 Å². The molecule has 6 nitrogen and oxygen atoms in total. The number of nitrogens with two attached hydrogens (primary N) is 1. The number of aromatic nitrogens is 1. The Labute approximate surface area is 103 Å². The van der Waals surface area contributed by atoms with Gasteiger partial charge in [-0.1, -0.05) is 6.07 Å². The van der Waals surface area contributed by atoms with E-state index in [1.165, 1.54) is 24.3 Å². The van der Waals surface area contributed by atoms with Gasteiger partial charge in [-0.3, -0.25) is 10.1 Å². The first kappa shape index (κ1) is 12.0. The van der Waals surface area contributed by atoms with Crippen molar-refractivity contribution < 1.29 is 9.66 Å². The van der Waals surface area contributed by atoms with Crippen molar-refractivity contribution in [2.75, 3.05) is 0 Å². The fourth-order valence-electron chi connectivity index (χ4n) is 1.35. The summed E-state index contributed by atoms with van der Waals surface area (Å²) < 4.78 is 5.44. The molecule has 1 aromatic heterocycles. The van der Waals surface area contributed by atoms with Gasteiger partial charge >= 0.3 is 0 Å². The van der Waals surface area contributed by atoms with Crippen LogP contribution in [0.15, 0.2) is 42.6 Å². The molecule has 1 heterocycles. The molecule has 0 radical (unpaired) electrons. The fraction of sp³-hybridized carbons (Fsp3) is 0.0833. The Morgan fingerprint density at radius 2 is 1.94 bits per heavy atom. The normalized spacial score (nSPS) is 10.1. The summed E-state index contributed by atoms with van der Waals surface area (Å²) in [6.07, 6.45) is 1.63. The van der Waals surface area contributed by atoms with E-state index in [0.717, 1.165) is 5.56 Å². The first-order chi connectivity index (χ1) is 8.69. The maximum absolute atomic E-state index is 10.5. The van der Waals surface area contributed by atoms with E-state index in [4.69, 9.17) is 10.5 Å². The van der Waals surface area contributed by atoms with Crippen LogP contribution in [-0.4, -0.2) is 9.91 Å². The van der Waals surface area contributed by atoms with Crippen LogP contribution in [-0.2, 0) is 6.54 Å². The second-order valence-corrected chi connectivity index (χ2v) is 3.56. The lowest BCUT2D eigenvalue weighted by Gasteiger charge is -2.04. The van der Waals surface area contributed by atoms with Crippen molar-refractivity contribution in [3.63, 3.8) is 0 Å². The van der Waals surface area contributed by atoms with E-state index in [1.54, 1.807) is 12.3 Å². The molecule has 2 N–H and O–H groups in total. The average molecular weight is 245 g/mol. The molecule has 0 aliphatic heterocycles. The number of nitrogens with zero attached hydrogens (tertiary/aromatic N) is 2. The SMILES string of the molecule is NCc1ccc(Oc2ccc([N+](=O)[O-])cc2)nc1. The Morgan fingerprint density at radius 1 is 1.22 bits per heavy atom. The van der Waals surface area contributed by atoms with Crippen molar-refractivity contribution in [2.24, 2.45) is 5.73 Å². The highest BCUT2D eigenvalue weighted by molar-refractivity contribution is 5.37. The standard InChI is InChI=1S/C12H11N3O3/c13-7-9-1-6-12(14-8-9)18-11-4-2-10(3-5-11)15(16)17/h1-6,8H,7,13H2. The highest BCUT2D eigenvalue weighted by Gasteiger charge is 2.05. The third-order valence-corrected chi connectivity index (χ3v) is 2.30. The number of hydrogen-bond acceptors (Lipinski definition) is 5. The molecule has 0 saturated carbocycles. The van der Waals surface area contributed by atoms with Crippen LogP contribution >= 0.6 is 0 Å². The zero-order valence-electron chi connectivity index (χ0n) is 9.45. The van der Waals surface area contributed by atoms with Crippen LogP contribution in [0.4, 0.5) is 5.69 Å². The van der Waals surface area contributed by atoms with Gasteiger partial charge in [0.15, 0.2) is 0 Å². The number of benzene rings is 1. The third-order valence-electron chi connectivity index (χ3n) is 2.30. The lowest BCUT2D eigenvalue weighted by molar-refractivity contribution is -0.384. The van der Waals surface area contributed by atoms with Crippen molar-refractivity contribution in [1.82, 2.24) is 4.98 Å². The number of nitro groups is 1. The molecular formula is C12H11N3O3. The molecule has 0 unspecified atom stereocenters. The van der Waals surface area contributed by atoms with Gasteiger partial charge in [-0.05, 0) is 17.7 Å². The van der Waals surface area contributed by atoms with Crippen molar-refractivity contribution >= 4 is 5.69 Å². The monoisotopic (exact) mass is 245 g/mol. The Morgan fingerprint density at radius 3 is 2.44 bits per heavy atom. The number of hydrogen-bond donors (Lipinski definition) is 1. The second-order valence-electron chi connectivity index (χ2n) is 3.56. The van der Waals surface area contributed by atoms with Crippen LogP contribution in [0.2, 0.25) is 0 Å². The zero-order chi connectivity index (χ0) is 13.0. The van der Waals surface area contributed by atoms with Gasteiger partial charge in [0, 0.05) is 30.9 Å². The van der Waals surface area contributed by atoms with Crippen LogP contribution in [0.3, 0.4) is 0 Å². The summed E-state index contributed by atoms with van der Waals surface area (Å²) in [5.74, 6) is 0.912. The predicted molar refractivity (Wildman–Crippen MR) is 65.3 cm³/mol. The average Bonchev–Trinajstić information content (AvgIpc) is 2.40. The lowest BCUT2D eigenvalue weighted by Crippen LogP contribution is -1.97. The molecule has 6 heteroatoms. The highest BCUT2D eigenvalue weighted by Crippen LogP contribution is 2.22. The molecule has 1 aromatic carbocycles. The summed E-state index contributed by atoms with van der Waals surface area (Å²) in [5.41, 5.74) is 6.38. The van der Waals surface area contributed by atoms with E-state index in [1.807, 2.05) is 6.07 Å². The fourth-order valence-corrected chi connectivity index (χ4v) is 1.35. The summed E-state index contributed by atoms with van der Waals surface area (Å²) in [6, 6.07) is 9.32. The third kappa shape index (κ3) is 2.80.